The second-order valence-electron chi connectivity index (χ2n) is 7.88. The highest BCUT2D eigenvalue weighted by molar-refractivity contribution is 7.99. The molecule has 0 aliphatic carbocycles. The smallest absolute Gasteiger partial charge is 0.338 e. The molecule has 0 saturated carbocycles. The molecule has 0 saturated heterocycles. The van der Waals surface area contributed by atoms with Crippen molar-refractivity contribution >= 4 is 34.9 Å². The van der Waals surface area contributed by atoms with Crippen LogP contribution in [0.1, 0.15) is 29.5 Å². The van der Waals surface area contributed by atoms with E-state index in [2.05, 4.69) is 23.2 Å². The number of H-pyrrole nitrogens is 1. The monoisotopic (exact) mass is 541 g/mol. The number of aromatic amines is 1. The highest BCUT2D eigenvalue weighted by atomic mass is 32.2. The molecule has 1 aliphatic rings. The molecule has 4 rings (SSSR count). The highest BCUT2D eigenvalue weighted by Crippen LogP contribution is 2.42. The van der Waals surface area contributed by atoms with E-state index >= 15 is 0 Å². The Labute approximate surface area is 227 Å². The molecule has 0 unspecified atom stereocenters. The van der Waals surface area contributed by atoms with Gasteiger partial charge in [-0.05, 0) is 23.9 Å². The molecule has 38 heavy (non-hydrogen) atoms. The molecular formula is C27H21N6O3S2+. The summed E-state index contributed by atoms with van der Waals surface area (Å²) >= 11 is 2.54. The van der Waals surface area contributed by atoms with Crippen LogP contribution in [0.3, 0.4) is 0 Å². The molecule has 188 valence electrons. The zero-order valence-corrected chi connectivity index (χ0v) is 21.8. The lowest BCUT2D eigenvalue weighted by atomic mass is 9.83. The third-order valence-electron chi connectivity index (χ3n) is 5.71. The van der Waals surface area contributed by atoms with Gasteiger partial charge in [0.15, 0.2) is 10.6 Å². The van der Waals surface area contributed by atoms with E-state index in [4.69, 9.17) is 20.9 Å². The third kappa shape index (κ3) is 4.91. The molecule has 0 radical (unpaired) electrons. The summed E-state index contributed by atoms with van der Waals surface area (Å²) in [6.45, 7) is 1.80. The zero-order valence-electron chi connectivity index (χ0n) is 20.1. The average Bonchev–Trinajstić information content (AvgIpc) is 3.46. The van der Waals surface area contributed by atoms with Crippen molar-refractivity contribution in [2.75, 3.05) is 18.1 Å². The predicted molar refractivity (Wildman–Crippen MR) is 142 cm³/mol. The van der Waals surface area contributed by atoms with Crippen LogP contribution in [-0.2, 0) is 14.3 Å². The Morgan fingerprint density at radius 2 is 1.84 bits per heavy atom. The second-order valence-corrected chi connectivity index (χ2v) is 9.81. The van der Waals surface area contributed by atoms with Gasteiger partial charge in [-0.2, -0.15) is 15.8 Å². The molecule has 3 aromatic rings. The SMILES string of the molecule is CCOC(=O)C1=C(CSc2[nH+]c(N)c(C#N)c(-c3cccs3)c2C#N)OC(N)=C(C#N)[C@H]1c1ccccc1. The summed E-state index contributed by atoms with van der Waals surface area (Å²) in [6, 6.07) is 19.0. The molecule has 5 N–H and O–H groups in total. The molecule has 3 heterocycles. The average molecular weight is 542 g/mol. The second kappa shape index (κ2) is 11.5. The van der Waals surface area contributed by atoms with Crippen molar-refractivity contribution in [2.24, 2.45) is 5.73 Å². The van der Waals surface area contributed by atoms with Crippen molar-refractivity contribution in [3.63, 3.8) is 0 Å². The van der Waals surface area contributed by atoms with E-state index in [1.807, 2.05) is 17.5 Å². The fourth-order valence-electron chi connectivity index (χ4n) is 4.09. The number of thiophene rings is 1. The quantitative estimate of drug-likeness (QED) is 0.331. The Bertz CT molecular complexity index is 1580. The van der Waals surface area contributed by atoms with Gasteiger partial charge in [-0.25, -0.2) is 9.78 Å². The largest absolute Gasteiger partial charge is 0.463 e. The van der Waals surface area contributed by atoms with Gasteiger partial charge in [0.25, 0.3) is 5.82 Å². The third-order valence-corrected chi connectivity index (χ3v) is 7.60. The van der Waals surface area contributed by atoms with Gasteiger partial charge in [0.2, 0.25) is 5.88 Å². The van der Waals surface area contributed by atoms with Gasteiger partial charge < -0.3 is 15.2 Å². The molecule has 11 heteroatoms. The maximum absolute atomic E-state index is 13.2. The van der Waals surface area contributed by atoms with E-state index in [0.717, 1.165) is 16.6 Å². The summed E-state index contributed by atoms with van der Waals surface area (Å²) in [6.07, 6.45) is 0. The van der Waals surface area contributed by atoms with Crippen molar-refractivity contribution in [1.82, 2.24) is 0 Å². The fourth-order valence-corrected chi connectivity index (χ4v) is 5.84. The fraction of sp³-hybridized carbons (Fsp3) is 0.148. The number of nitrogens with two attached hydrogens (primary N) is 2. The first-order valence-electron chi connectivity index (χ1n) is 11.3. The standard InChI is InChI=1S/C27H20N6O3S2/c1-2-35-27(34)23-19(36-25(32)17(12-29)21(23)15-7-4-3-5-8-15)14-38-26-18(13-30)22(20-9-6-10-37-20)16(11-28)24(31)33-26/h3-10,21H,2,14,32H2,1H3,(H2,31,33)/p+1/t21-/m1/s1. The molecule has 0 spiro atoms. The first kappa shape index (κ1) is 26.3. The number of pyridine rings is 1. The van der Waals surface area contributed by atoms with Crippen LogP contribution in [0.4, 0.5) is 5.82 Å². The number of ether oxygens (including phenoxy) is 2. The Kier molecular flexibility index (Phi) is 7.98. The molecule has 1 aliphatic heterocycles. The minimum Gasteiger partial charge on any atom is -0.463 e. The van der Waals surface area contributed by atoms with E-state index < -0.39 is 11.9 Å². The Morgan fingerprint density at radius 1 is 1.11 bits per heavy atom. The maximum atomic E-state index is 13.2. The zero-order chi connectivity index (χ0) is 27.2. The number of esters is 1. The predicted octanol–water partition coefficient (Wildman–Crippen LogP) is 3.97. The number of aromatic nitrogens is 1. The number of benzene rings is 1. The molecule has 0 fully saturated rings. The number of carbonyl (C=O) groups excluding carboxylic acids is 1. The number of rotatable bonds is 7. The number of thioether (sulfide) groups is 1. The van der Waals surface area contributed by atoms with Crippen LogP contribution in [-0.4, -0.2) is 18.3 Å². The Morgan fingerprint density at radius 3 is 2.45 bits per heavy atom. The van der Waals surface area contributed by atoms with E-state index in [1.54, 1.807) is 37.3 Å². The molecule has 0 amide bonds. The van der Waals surface area contributed by atoms with Crippen molar-refractivity contribution in [3.8, 4) is 28.6 Å². The molecule has 2 aromatic heterocycles. The summed E-state index contributed by atoms with van der Waals surface area (Å²) in [4.78, 5) is 16.8. The molecule has 1 aromatic carbocycles. The minimum atomic E-state index is -0.795. The summed E-state index contributed by atoms with van der Waals surface area (Å²) in [7, 11) is 0. The summed E-state index contributed by atoms with van der Waals surface area (Å²) in [5.74, 6) is -1.20. The number of nitriles is 3. The lowest BCUT2D eigenvalue weighted by Gasteiger charge is -2.28. The number of nitrogens with zero attached hydrogens (tertiary/aromatic N) is 3. The number of nitrogens with one attached hydrogen (secondary N) is 1. The summed E-state index contributed by atoms with van der Waals surface area (Å²) < 4.78 is 11.1. The number of hydrogen-bond acceptors (Lipinski definition) is 10. The number of anilines is 1. The van der Waals surface area contributed by atoms with Crippen molar-refractivity contribution in [3.05, 3.63) is 87.3 Å². The maximum Gasteiger partial charge on any atom is 0.338 e. The van der Waals surface area contributed by atoms with Crippen LogP contribution in [0.2, 0.25) is 0 Å². The first-order valence-corrected chi connectivity index (χ1v) is 13.2. The van der Waals surface area contributed by atoms with Gasteiger partial charge in [0.05, 0.1) is 23.9 Å². The first-order chi connectivity index (χ1) is 18.4. The minimum absolute atomic E-state index is 0.0529. The van der Waals surface area contributed by atoms with Gasteiger partial charge in [0.1, 0.15) is 35.1 Å². The van der Waals surface area contributed by atoms with E-state index in [9.17, 15) is 20.6 Å². The van der Waals surface area contributed by atoms with Gasteiger partial charge >= 0.3 is 5.97 Å². The van der Waals surface area contributed by atoms with Crippen LogP contribution in [0.15, 0.2) is 75.7 Å². The number of allylic oxidation sites excluding steroid dienone is 1. The molecule has 9 nitrogen and oxygen atoms in total. The topological polar surface area (TPSA) is 173 Å². The van der Waals surface area contributed by atoms with Crippen molar-refractivity contribution in [1.29, 1.82) is 15.8 Å². The van der Waals surface area contributed by atoms with Gasteiger partial charge in [-0.15, -0.1) is 11.3 Å². The van der Waals surface area contributed by atoms with Crippen LogP contribution in [0.25, 0.3) is 10.4 Å². The number of carbonyl (C=O) groups is 1. The highest BCUT2D eigenvalue weighted by Gasteiger charge is 2.38. The van der Waals surface area contributed by atoms with Crippen LogP contribution in [0, 0.1) is 34.0 Å². The van der Waals surface area contributed by atoms with Gasteiger partial charge in [-0.1, -0.05) is 48.2 Å². The van der Waals surface area contributed by atoms with Crippen LogP contribution < -0.4 is 16.5 Å². The Hall–Kier alpha value is -4.76. The lowest BCUT2D eigenvalue weighted by molar-refractivity contribution is -0.410. The van der Waals surface area contributed by atoms with Gasteiger partial charge in [-0.3, -0.25) is 5.73 Å². The Balaban J connectivity index is 1.83. The van der Waals surface area contributed by atoms with E-state index in [1.165, 1.54) is 11.3 Å². The normalized spacial score (nSPS) is 14.7. The van der Waals surface area contributed by atoms with Crippen molar-refractivity contribution < 1.29 is 19.3 Å². The van der Waals surface area contributed by atoms with E-state index in [-0.39, 0.29) is 52.1 Å². The summed E-state index contributed by atoms with van der Waals surface area (Å²) in [5.41, 5.74) is 14.1. The van der Waals surface area contributed by atoms with Gasteiger partial charge in [0, 0.05) is 10.4 Å². The number of hydrogen-bond donors (Lipinski definition) is 2. The number of nitrogen functional groups attached to an aromatic ring is 1. The van der Waals surface area contributed by atoms with Crippen LogP contribution in [0.5, 0.6) is 0 Å². The van der Waals surface area contributed by atoms with E-state index in [0.29, 0.717) is 16.2 Å². The molecular weight excluding hydrogens is 520 g/mol. The van der Waals surface area contributed by atoms with Crippen LogP contribution >= 0.6 is 23.1 Å². The molecule has 1 atom stereocenters. The van der Waals surface area contributed by atoms with Crippen molar-refractivity contribution in [2.45, 2.75) is 17.9 Å². The summed E-state index contributed by atoms with van der Waals surface area (Å²) in [5, 5.41) is 31.8. The molecule has 0 bridgehead atoms. The lowest BCUT2D eigenvalue weighted by Crippen LogP contribution is -2.27.